The smallest absolute Gasteiger partial charge is 0.356 e. The van der Waals surface area contributed by atoms with Crippen molar-refractivity contribution in [3.63, 3.8) is 0 Å². The van der Waals surface area contributed by atoms with Crippen molar-refractivity contribution in [2.75, 3.05) is 18.4 Å². The zero-order valence-corrected chi connectivity index (χ0v) is 9.85. The van der Waals surface area contributed by atoms with Crippen LogP contribution in [0.25, 0.3) is 0 Å². The van der Waals surface area contributed by atoms with Crippen molar-refractivity contribution >= 4 is 17.7 Å². The fourth-order valence-corrected chi connectivity index (χ4v) is 1.81. The average molecular weight is 267 g/mol. The van der Waals surface area contributed by atoms with Crippen LogP contribution in [0.1, 0.15) is 10.5 Å². The molecule has 2 unspecified atom stereocenters. The van der Waals surface area contributed by atoms with Crippen LogP contribution in [0.2, 0.25) is 0 Å². The number of likely N-dealkylation sites (tertiary alicyclic amines) is 1. The highest BCUT2D eigenvalue weighted by Crippen LogP contribution is 2.15. The zero-order valence-electron chi connectivity index (χ0n) is 9.85. The number of hydrogen-bond acceptors (Lipinski definition) is 5. The quantitative estimate of drug-likeness (QED) is 0.564. The molecule has 19 heavy (non-hydrogen) atoms. The molecule has 0 aliphatic carbocycles. The van der Waals surface area contributed by atoms with Crippen LogP contribution in [0.15, 0.2) is 18.3 Å². The zero-order chi connectivity index (χ0) is 14.0. The first-order valence-electron chi connectivity index (χ1n) is 5.59. The molecule has 0 saturated carbocycles. The molecule has 1 aliphatic rings. The lowest BCUT2D eigenvalue weighted by atomic mass is 10.3. The van der Waals surface area contributed by atoms with Crippen molar-refractivity contribution in [1.29, 1.82) is 0 Å². The molecular weight excluding hydrogens is 254 g/mol. The van der Waals surface area contributed by atoms with Crippen molar-refractivity contribution < 1.29 is 24.9 Å². The highest BCUT2D eigenvalue weighted by atomic mass is 16.4. The van der Waals surface area contributed by atoms with Crippen molar-refractivity contribution in [3.05, 3.63) is 24.0 Å². The fourth-order valence-electron chi connectivity index (χ4n) is 1.81. The Labute approximate surface area is 108 Å². The summed E-state index contributed by atoms with van der Waals surface area (Å²) in [6.07, 6.45) is -0.667. The van der Waals surface area contributed by atoms with Gasteiger partial charge in [-0.15, -0.1) is 0 Å². The van der Waals surface area contributed by atoms with E-state index in [1.54, 1.807) is 0 Å². The number of aromatic nitrogens is 1. The number of amides is 2. The maximum absolute atomic E-state index is 11.9. The van der Waals surface area contributed by atoms with E-state index in [1.165, 1.54) is 23.2 Å². The summed E-state index contributed by atoms with van der Waals surface area (Å²) in [4.78, 5) is 27.6. The number of carboxylic acid groups (broad SMARTS) is 1. The molecule has 0 bridgehead atoms. The lowest BCUT2D eigenvalue weighted by molar-refractivity contribution is 0.0572. The first kappa shape index (κ1) is 13.2. The molecule has 2 atom stereocenters. The number of carbonyl (C=O) groups excluding carboxylic acids is 1. The van der Waals surface area contributed by atoms with E-state index in [4.69, 9.17) is 5.11 Å². The van der Waals surface area contributed by atoms with Crippen molar-refractivity contribution in [1.82, 2.24) is 9.88 Å². The molecule has 102 valence electrons. The summed E-state index contributed by atoms with van der Waals surface area (Å²) in [5, 5.41) is 30.0. The molecule has 2 rings (SSSR count). The number of rotatable bonds is 2. The Bertz CT molecular complexity index is 497. The van der Waals surface area contributed by atoms with E-state index in [9.17, 15) is 19.8 Å². The van der Waals surface area contributed by atoms with Crippen LogP contribution in [-0.2, 0) is 0 Å². The number of β-amino-alcohol motifs (C(OH)–C–C–N with tert-alkyl or cyclic N) is 2. The molecular formula is C11H13N3O5. The lowest BCUT2D eigenvalue weighted by Crippen LogP contribution is -2.34. The van der Waals surface area contributed by atoms with Crippen molar-refractivity contribution in [3.8, 4) is 0 Å². The number of anilines is 1. The number of hydrogen-bond donors (Lipinski definition) is 4. The van der Waals surface area contributed by atoms with Gasteiger partial charge in [0.15, 0.2) is 5.69 Å². The number of carboxylic acids is 1. The number of carbonyl (C=O) groups is 2. The topological polar surface area (TPSA) is 123 Å². The Morgan fingerprint density at radius 3 is 2.53 bits per heavy atom. The molecule has 1 aromatic heterocycles. The molecule has 1 aromatic rings. The van der Waals surface area contributed by atoms with Gasteiger partial charge >= 0.3 is 12.0 Å². The van der Waals surface area contributed by atoms with Crippen molar-refractivity contribution in [2.45, 2.75) is 12.2 Å². The van der Waals surface area contributed by atoms with Crippen LogP contribution in [-0.4, -0.2) is 62.5 Å². The van der Waals surface area contributed by atoms with Gasteiger partial charge in [-0.2, -0.15) is 0 Å². The summed E-state index contributed by atoms with van der Waals surface area (Å²) in [7, 11) is 0. The number of urea groups is 1. The molecule has 0 radical (unpaired) electrons. The Hall–Kier alpha value is -2.19. The Morgan fingerprint density at radius 2 is 1.95 bits per heavy atom. The third-order valence-corrected chi connectivity index (χ3v) is 2.80. The van der Waals surface area contributed by atoms with Gasteiger partial charge in [0.2, 0.25) is 0 Å². The minimum Gasteiger partial charge on any atom is -0.476 e. The van der Waals surface area contributed by atoms with Gasteiger partial charge in [0, 0.05) is 6.20 Å². The van der Waals surface area contributed by atoms with E-state index in [1.807, 2.05) is 0 Å². The van der Waals surface area contributed by atoms with E-state index in [-0.39, 0.29) is 24.5 Å². The monoisotopic (exact) mass is 267 g/mol. The van der Waals surface area contributed by atoms with Gasteiger partial charge in [0.1, 0.15) is 0 Å². The van der Waals surface area contributed by atoms with Gasteiger partial charge in [-0.25, -0.2) is 14.6 Å². The molecule has 2 heterocycles. The summed E-state index contributed by atoms with van der Waals surface area (Å²) in [5.41, 5.74) is -0.202. The summed E-state index contributed by atoms with van der Waals surface area (Å²) < 4.78 is 0. The standard InChI is InChI=1S/C11H13N3O5/c15-7-4-14(5-8(7)16)11(19)13-6-2-1-3-12-9(6)10(17)18/h1-3,7-8,15-16H,4-5H2,(H,13,19)(H,17,18). The molecule has 0 aromatic carbocycles. The summed E-state index contributed by atoms with van der Waals surface area (Å²) in [5.74, 6) is -1.25. The summed E-state index contributed by atoms with van der Waals surface area (Å²) >= 11 is 0. The summed E-state index contributed by atoms with van der Waals surface area (Å²) in [6.45, 7) is -0.00860. The number of aliphatic hydroxyl groups is 2. The predicted molar refractivity (Wildman–Crippen MR) is 63.8 cm³/mol. The summed E-state index contributed by atoms with van der Waals surface area (Å²) in [6, 6.07) is 2.32. The van der Waals surface area contributed by atoms with Gasteiger partial charge in [-0.05, 0) is 12.1 Å². The maximum atomic E-state index is 11.9. The number of pyridine rings is 1. The first-order chi connectivity index (χ1) is 8.99. The maximum Gasteiger partial charge on any atom is 0.356 e. The number of aromatic carboxylic acids is 1. The van der Waals surface area contributed by atoms with E-state index in [0.717, 1.165) is 0 Å². The molecule has 1 fully saturated rings. The lowest BCUT2D eigenvalue weighted by Gasteiger charge is -2.16. The van der Waals surface area contributed by atoms with Crippen LogP contribution in [0.3, 0.4) is 0 Å². The second kappa shape index (κ2) is 5.21. The SMILES string of the molecule is O=C(O)c1ncccc1NC(=O)N1CC(O)C(O)C1. The molecule has 0 spiro atoms. The van der Waals surface area contributed by atoms with Crippen LogP contribution in [0, 0.1) is 0 Å². The van der Waals surface area contributed by atoms with Crippen LogP contribution in [0.4, 0.5) is 10.5 Å². The molecule has 4 N–H and O–H groups in total. The second-order valence-electron chi connectivity index (χ2n) is 4.17. The number of nitrogens with zero attached hydrogens (tertiary/aromatic N) is 2. The van der Waals surface area contributed by atoms with E-state index >= 15 is 0 Å². The van der Waals surface area contributed by atoms with E-state index < -0.39 is 24.2 Å². The third kappa shape index (κ3) is 2.80. The number of aliphatic hydroxyl groups excluding tert-OH is 2. The Morgan fingerprint density at radius 1 is 1.32 bits per heavy atom. The normalized spacial score (nSPS) is 22.3. The molecule has 8 heteroatoms. The second-order valence-corrected chi connectivity index (χ2v) is 4.17. The minimum absolute atomic E-state index is 0.00430. The third-order valence-electron chi connectivity index (χ3n) is 2.80. The molecule has 8 nitrogen and oxygen atoms in total. The molecule has 1 saturated heterocycles. The van der Waals surface area contributed by atoms with Crippen molar-refractivity contribution in [2.24, 2.45) is 0 Å². The minimum atomic E-state index is -1.25. The van der Waals surface area contributed by atoms with Gasteiger partial charge in [0.05, 0.1) is 31.0 Å². The first-order valence-corrected chi connectivity index (χ1v) is 5.59. The highest BCUT2D eigenvalue weighted by Gasteiger charge is 2.32. The fraction of sp³-hybridized carbons (Fsp3) is 0.364. The van der Waals surface area contributed by atoms with Gasteiger partial charge in [-0.3, -0.25) is 0 Å². The molecule has 2 amide bonds. The van der Waals surface area contributed by atoms with E-state index in [0.29, 0.717) is 0 Å². The number of nitrogens with one attached hydrogen (secondary N) is 1. The van der Waals surface area contributed by atoms with Crippen LogP contribution >= 0.6 is 0 Å². The van der Waals surface area contributed by atoms with Gasteiger partial charge < -0.3 is 25.5 Å². The Balaban J connectivity index is 2.10. The van der Waals surface area contributed by atoms with Gasteiger partial charge in [0.25, 0.3) is 0 Å². The van der Waals surface area contributed by atoms with E-state index in [2.05, 4.69) is 10.3 Å². The highest BCUT2D eigenvalue weighted by molar-refractivity contribution is 5.98. The average Bonchev–Trinajstić information content (AvgIpc) is 2.70. The van der Waals surface area contributed by atoms with Crippen LogP contribution < -0.4 is 5.32 Å². The Kier molecular flexibility index (Phi) is 3.63. The predicted octanol–water partition coefficient (Wildman–Crippen LogP) is -0.651. The van der Waals surface area contributed by atoms with Crippen LogP contribution in [0.5, 0.6) is 0 Å². The molecule has 1 aliphatic heterocycles. The largest absolute Gasteiger partial charge is 0.476 e. The van der Waals surface area contributed by atoms with Gasteiger partial charge in [-0.1, -0.05) is 0 Å².